The maximum Gasteiger partial charge on any atom is 0.389 e. The number of anilines is 1. The van der Waals surface area contributed by atoms with Crippen LogP contribution in [0.4, 0.5) is 19.0 Å². The van der Waals surface area contributed by atoms with Crippen LogP contribution in [0.5, 0.6) is 0 Å². The first-order chi connectivity index (χ1) is 9.96. The lowest BCUT2D eigenvalue weighted by atomic mass is 9.92. The van der Waals surface area contributed by atoms with Gasteiger partial charge in [0.2, 0.25) is 0 Å². The molecule has 3 heterocycles. The molecule has 116 valence electrons. The van der Waals surface area contributed by atoms with Crippen LogP contribution in [-0.4, -0.2) is 36.8 Å². The van der Waals surface area contributed by atoms with E-state index in [2.05, 4.69) is 15.2 Å². The van der Waals surface area contributed by atoms with Gasteiger partial charge in [-0.25, -0.2) is 4.98 Å². The average Bonchev–Trinajstić information content (AvgIpc) is 2.44. The summed E-state index contributed by atoms with van der Waals surface area (Å²) in [5.74, 6) is 0.828. The number of rotatable bonds is 2. The first-order valence-electron chi connectivity index (χ1n) is 7.16. The molecule has 1 aromatic rings. The molecule has 3 nitrogen and oxygen atoms in total. The number of alkyl halides is 3. The highest BCUT2D eigenvalue weighted by Crippen LogP contribution is 2.36. The highest BCUT2D eigenvalue weighted by molar-refractivity contribution is 6.31. The van der Waals surface area contributed by atoms with Crippen LogP contribution >= 0.6 is 11.6 Å². The Bertz CT molecular complexity index is 533. The molecule has 0 bridgehead atoms. The average molecular weight is 320 g/mol. The lowest BCUT2D eigenvalue weighted by Crippen LogP contribution is -2.53. The van der Waals surface area contributed by atoms with Crippen molar-refractivity contribution >= 4 is 17.4 Å². The number of pyridine rings is 1. The summed E-state index contributed by atoms with van der Waals surface area (Å²) >= 11 is 6.10. The number of piperazine rings is 1. The van der Waals surface area contributed by atoms with E-state index in [1.807, 2.05) is 0 Å². The molecular weight excluding hydrogens is 303 g/mol. The minimum Gasteiger partial charge on any atom is -0.351 e. The Balaban J connectivity index is 1.91. The minimum atomic E-state index is -4.16. The van der Waals surface area contributed by atoms with E-state index in [0.29, 0.717) is 16.6 Å². The van der Waals surface area contributed by atoms with Crippen molar-refractivity contribution in [2.75, 3.05) is 24.5 Å². The Morgan fingerprint density at radius 3 is 3.00 bits per heavy atom. The molecule has 3 rings (SSSR count). The number of hydrogen-bond donors (Lipinski definition) is 1. The van der Waals surface area contributed by atoms with Gasteiger partial charge in [0.15, 0.2) is 0 Å². The number of aromatic nitrogens is 1. The van der Waals surface area contributed by atoms with Crippen molar-refractivity contribution in [3.05, 3.63) is 22.3 Å². The molecule has 2 aliphatic heterocycles. The zero-order chi connectivity index (χ0) is 15.0. The predicted octanol–water partition coefficient (Wildman–Crippen LogP) is 2.95. The highest BCUT2D eigenvalue weighted by atomic mass is 35.5. The SMILES string of the molecule is FC(F)(F)CCc1c(Cl)cnc2c1CCC1CNCCN21. The Hall–Kier alpha value is -1.01. The van der Waals surface area contributed by atoms with Gasteiger partial charge in [-0.15, -0.1) is 0 Å². The van der Waals surface area contributed by atoms with Gasteiger partial charge in [0.1, 0.15) is 5.82 Å². The number of nitrogens with zero attached hydrogens (tertiary/aromatic N) is 2. The van der Waals surface area contributed by atoms with Gasteiger partial charge < -0.3 is 10.2 Å². The van der Waals surface area contributed by atoms with Gasteiger partial charge in [-0.05, 0) is 30.4 Å². The molecule has 0 radical (unpaired) electrons. The third kappa shape index (κ3) is 3.11. The summed E-state index contributed by atoms with van der Waals surface area (Å²) in [5.41, 5.74) is 1.53. The topological polar surface area (TPSA) is 28.2 Å². The monoisotopic (exact) mass is 319 g/mol. The van der Waals surface area contributed by atoms with Gasteiger partial charge in [0.05, 0.1) is 5.02 Å². The van der Waals surface area contributed by atoms with Crippen LogP contribution < -0.4 is 10.2 Å². The molecule has 0 saturated carbocycles. The fourth-order valence-corrected chi connectivity index (χ4v) is 3.47. The van der Waals surface area contributed by atoms with Crippen LogP contribution in [0.15, 0.2) is 6.20 Å². The summed E-state index contributed by atoms with van der Waals surface area (Å²) in [7, 11) is 0. The van der Waals surface area contributed by atoms with Crippen molar-refractivity contribution in [2.24, 2.45) is 0 Å². The van der Waals surface area contributed by atoms with Crippen LogP contribution in [0.1, 0.15) is 24.0 Å². The first-order valence-corrected chi connectivity index (χ1v) is 7.54. The van der Waals surface area contributed by atoms with Crippen LogP contribution in [0.2, 0.25) is 5.02 Å². The third-order valence-electron chi connectivity index (χ3n) is 4.23. The fourth-order valence-electron chi connectivity index (χ4n) is 3.21. The van der Waals surface area contributed by atoms with Crippen LogP contribution in [0.3, 0.4) is 0 Å². The number of hydrogen-bond acceptors (Lipinski definition) is 3. The largest absolute Gasteiger partial charge is 0.389 e. The maximum absolute atomic E-state index is 12.5. The van der Waals surface area contributed by atoms with Gasteiger partial charge in [0, 0.05) is 38.3 Å². The van der Waals surface area contributed by atoms with Crippen molar-refractivity contribution < 1.29 is 13.2 Å². The van der Waals surface area contributed by atoms with E-state index in [1.165, 1.54) is 6.20 Å². The zero-order valence-corrected chi connectivity index (χ0v) is 12.3. The van der Waals surface area contributed by atoms with E-state index >= 15 is 0 Å². The Labute approximate surface area is 126 Å². The number of halogens is 4. The molecule has 21 heavy (non-hydrogen) atoms. The van der Waals surface area contributed by atoms with Crippen LogP contribution in [-0.2, 0) is 12.8 Å². The summed E-state index contributed by atoms with van der Waals surface area (Å²) in [4.78, 5) is 6.60. The lowest BCUT2D eigenvalue weighted by molar-refractivity contribution is -0.134. The molecular formula is C14H17ClF3N3. The van der Waals surface area contributed by atoms with Gasteiger partial charge in [-0.1, -0.05) is 11.6 Å². The summed E-state index contributed by atoms with van der Waals surface area (Å²) in [6, 6.07) is 0.385. The van der Waals surface area contributed by atoms with Crippen molar-refractivity contribution in [2.45, 2.75) is 37.9 Å². The Morgan fingerprint density at radius 1 is 1.43 bits per heavy atom. The van der Waals surface area contributed by atoms with Gasteiger partial charge in [0.25, 0.3) is 0 Å². The van der Waals surface area contributed by atoms with Gasteiger partial charge in [-0.3, -0.25) is 0 Å². The second-order valence-electron chi connectivity index (χ2n) is 5.59. The van der Waals surface area contributed by atoms with Crippen LogP contribution in [0, 0.1) is 0 Å². The molecule has 2 aliphatic rings. The van der Waals surface area contributed by atoms with E-state index in [4.69, 9.17) is 11.6 Å². The van der Waals surface area contributed by atoms with E-state index in [0.717, 1.165) is 43.9 Å². The second kappa shape index (κ2) is 5.65. The second-order valence-corrected chi connectivity index (χ2v) is 6.00. The molecule has 1 unspecified atom stereocenters. The molecule has 1 saturated heterocycles. The lowest BCUT2D eigenvalue weighted by Gasteiger charge is -2.42. The summed E-state index contributed by atoms with van der Waals surface area (Å²) in [5, 5.41) is 3.69. The molecule has 0 spiro atoms. The predicted molar refractivity (Wildman–Crippen MR) is 75.9 cm³/mol. The fraction of sp³-hybridized carbons (Fsp3) is 0.643. The highest BCUT2D eigenvalue weighted by Gasteiger charge is 2.33. The molecule has 1 N–H and O–H groups in total. The molecule has 1 aromatic heterocycles. The van der Waals surface area contributed by atoms with Gasteiger partial charge in [-0.2, -0.15) is 13.2 Å². The maximum atomic E-state index is 12.5. The van der Waals surface area contributed by atoms with Crippen LogP contribution in [0.25, 0.3) is 0 Å². The number of nitrogens with one attached hydrogen (secondary N) is 1. The quantitative estimate of drug-likeness (QED) is 0.908. The standard InChI is InChI=1S/C14H17ClF3N3/c15-12-8-20-13-11(10(12)3-4-14(16,17)18)2-1-9-7-19-5-6-21(9)13/h8-9,19H,1-7H2. The Kier molecular flexibility index (Phi) is 4.01. The molecule has 1 atom stereocenters. The smallest absolute Gasteiger partial charge is 0.351 e. The van der Waals surface area contributed by atoms with Gasteiger partial charge >= 0.3 is 6.18 Å². The molecule has 0 aliphatic carbocycles. The molecule has 1 fully saturated rings. The van der Waals surface area contributed by atoms with Crippen molar-refractivity contribution in [1.29, 1.82) is 0 Å². The van der Waals surface area contributed by atoms with Crippen molar-refractivity contribution in [3.63, 3.8) is 0 Å². The molecule has 7 heteroatoms. The Morgan fingerprint density at radius 2 is 2.24 bits per heavy atom. The molecule has 0 aromatic carbocycles. The normalized spacial score (nSPS) is 21.9. The summed E-state index contributed by atoms with van der Waals surface area (Å²) < 4.78 is 37.5. The first kappa shape index (κ1) is 14.9. The number of fused-ring (bicyclic) bond motifs is 3. The van der Waals surface area contributed by atoms with E-state index in [9.17, 15) is 13.2 Å². The third-order valence-corrected chi connectivity index (χ3v) is 4.56. The minimum absolute atomic E-state index is 0.0655. The summed E-state index contributed by atoms with van der Waals surface area (Å²) in [6.45, 7) is 2.62. The van der Waals surface area contributed by atoms with Crippen molar-refractivity contribution in [3.8, 4) is 0 Å². The zero-order valence-electron chi connectivity index (χ0n) is 11.5. The van der Waals surface area contributed by atoms with Crippen molar-refractivity contribution in [1.82, 2.24) is 10.3 Å². The van der Waals surface area contributed by atoms with E-state index in [-0.39, 0.29) is 6.42 Å². The van der Waals surface area contributed by atoms with E-state index < -0.39 is 12.6 Å². The summed E-state index contributed by atoms with van der Waals surface area (Å²) in [6.07, 6.45) is -1.89. The van der Waals surface area contributed by atoms with E-state index in [1.54, 1.807) is 0 Å². The molecule has 0 amide bonds.